The molecule has 0 aliphatic heterocycles. The third-order valence-electron chi connectivity index (χ3n) is 2.86. The first-order valence-electron chi connectivity index (χ1n) is 7.83. The fourth-order valence-electron chi connectivity index (χ4n) is 2.04. The lowest BCUT2D eigenvalue weighted by Crippen LogP contribution is -2.46. The Hall–Kier alpha value is -1.79. The van der Waals surface area contributed by atoms with Crippen LogP contribution in [0.15, 0.2) is 41.8 Å². The summed E-state index contributed by atoms with van der Waals surface area (Å²) < 4.78 is 0. The number of rotatable bonds is 8. The van der Waals surface area contributed by atoms with Gasteiger partial charge in [0.05, 0.1) is 18.8 Å². The van der Waals surface area contributed by atoms with Gasteiger partial charge in [0.25, 0.3) is 0 Å². The Balaban J connectivity index is 2.54. The zero-order valence-electron chi connectivity index (χ0n) is 14.9. The van der Waals surface area contributed by atoms with Gasteiger partial charge in [-0.1, -0.05) is 18.2 Å². The number of carbonyl (C=O) groups excluding carboxylic acids is 2. The van der Waals surface area contributed by atoms with Gasteiger partial charge in [0, 0.05) is 16.2 Å². The minimum Gasteiger partial charge on any atom is -0.350 e. The number of hydrogen-bond donors (Lipinski definition) is 2. The molecule has 0 atom stereocenters. The summed E-state index contributed by atoms with van der Waals surface area (Å²) in [5.41, 5.74) is 0.503. The number of carbonyl (C=O) groups is 2. The van der Waals surface area contributed by atoms with Crippen molar-refractivity contribution in [2.45, 2.75) is 31.2 Å². The molecule has 0 aliphatic rings. The number of para-hydroxylation sites is 1. The fourth-order valence-corrected chi connectivity index (χ4v) is 2.78. The van der Waals surface area contributed by atoms with Crippen molar-refractivity contribution < 1.29 is 9.59 Å². The number of benzene rings is 1. The predicted octanol–water partition coefficient (Wildman–Crippen LogP) is 2.75. The van der Waals surface area contributed by atoms with Gasteiger partial charge in [0.1, 0.15) is 0 Å². The molecular formula is C18H27N3O2S. The lowest BCUT2D eigenvalue weighted by Gasteiger charge is -2.23. The van der Waals surface area contributed by atoms with Crippen molar-refractivity contribution >= 4 is 29.3 Å². The monoisotopic (exact) mass is 349 g/mol. The second kappa shape index (κ2) is 9.49. The smallest absolute Gasteiger partial charge is 0.238 e. The van der Waals surface area contributed by atoms with Crippen LogP contribution in [0.2, 0.25) is 0 Å². The standard InChI is InChI=1S/C18H27N3O2S/c1-6-11-24-15-10-8-7-9-14(15)19-16(22)12-21(5)13-17(23)20-18(2,3)4/h6-10H,1,11-13H2,2-5H3,(H,19,22)(H,20,23). The normalized spacial score (nSPS) is 11.2. The molecule has 5 nitrogen and oxygen atoms in total. The van der Waals surface area contributed by atoms with Crippen LogP contribution in [0.3, 0.4) is 0 Å². The van der Waals surface area contributed by atoms with E-state index < -0.39 is 0 Å². The van der Waals surface area contributed by atoms with Gasteiger partial charge in [-0.15, -0.1) is 18.3 Å². The second-order valence-electron chi connectivity index (χ2n) is 6.61. The van der Waals surface area contributed by atoms with Crippen molar-refractivity contribution in [3.8, 4) is 0 Å². The van der Waals surface area contributed by atoms with Crippen molar-refractivity contribution in [2.24, 2.45) is 0 Å². The van der Waals surface area contributed by atoms with Crippen molar-refractivity contribution in [2.75, 3.05) is 31.2 Å². The molecular weight excluding hydrogens is 322 g/mol. The fraction of sp³-hybridized carbons (Fsp3) is 0.444. The number of nitrogens with zero attached hydrogens (tertiary/aromatic N) is 1. The minimum atomic E-state index is -0.276. The SMILES string of the molecule is C=CCSc1ccccc1NC(=O)CN(C)CC(=O)NC(C)(C)C. The summed E-state index contributed by atoms with van der Waals surface area (Å²) in [6.45, 7) is 9.81. The number of nitrogens with one attached hydrogen (secondary N) is 2. The number of anilines is 1. The summed E-state index contributed by atoms with van der Waals surface area (Å²) in [6.07, 6.45) is 1.82. The quantitative estimate of drug-likeness (QED) is 0.560. The number of amides is 2. The first kappa shape index (κ1) is 20.3. The topological polar surface area (TPSA) is 61.4 Å². The highest BCUT2D eigenvalue weighted by atomic mass is 32.2. The van der Waals surface area contributed by atoms with Gasteiger partial charge in [0.2, 0.25) is 11.8 Å². The van der Waals surface area contributed by atoms with E-state index in [1.807, 2.05) is 51.1 Å². The summed E-state index contributed by atoms with van der Waals surface area (Å²) in [5, 5.41) is 5.78. The Labute approximate surface area is 148 Å². The van der Waals surface area contributed by atoms with Crippen molar-refractivity contribution in [3.05, 3.63) is 36.9 Å². The van der Waals surface area contributed by atoms with Gasteiger partial charge < -0.3 is 10.6 Å². The second-order valence-corrected chi connectivity index (χ2v) is 7.68. The number of likely N-dealkylation sites (N-methyl/N-ethyl adjacent to an activating group) is 1. The van der Waals surface area contributed by atoms with Crippen LogP contribution in [0.1, 0.15) is 20.8 Å². The van der Waals surface area contributed by atoms with E-state index in [-0.39, 0.29) is 30.4 Å². The Morgan fingerprint density at radius 1 is 1.21 bits per heavy atom. The van der Waals surface area contributed by atoms with E-state index in [4.69, 9.17) is 0 Å². The van der Waals surface area contributed by atoms with E-state index in [0.29, 0.717) is 0 Å². The van der Waals surface area contributed by atoms with Gasteiger partial charge in [-0.2, -0.15) is 0 Å². The highest BCUT2D eigenvalue weighted by Crippen LogP contribution is 2.26. The molecule has 2 amide bonds. The van der Waals surface area contributed by atoms with Crippen molar-refractivity contribution in [1.29, 1.82) is 0 Å². The average molecular weight is 350 g/mol. The molecule has 0 heterocycles. The molecule has 1 aromatic rings. The third-order valence-corrected chi connectivity index (χ3v) is 3.93. The molecule has 0 spiro atoms. The van der Waals surface area contributed by atoms with Crippen molar-refractivity contribution in [1.82, 2.24) is 10.2 Å². The maximum Gasteiger partial charge on any atom is 0.238 e. The van der Waals surface area contributed by atoms with E-state index in [9.17, 15) is 9.59 Å². The molecule has 0 aromatic heterocycles. The van der Waals surface area contributed by atoms with Gasteiger partial charge in [0.15, 0.2) is 0 Å². The molecule has 0 saturated carbocycles. The van der Waals surface area contributed by atoms with Gasteiger partial charge in [-0.05, 0) is 40.0 Å². The lowest BCUT2D eigenvalue weighted by atomic mass is 10.1. The van der Waals surface area contributed by atoms with Gasteiger partial charge in [-0.25, -0.2) is 0 Å². The van der Waals surface area contributed by atoms with E-state index >= 15 is 0 Å². The maximum atomic E-state index is 12.2. The van der Waals surface area contributed by atoms with E-state index in [0.717, 1.165) is 16.3 Å². The zero-order valence-corrected chi connectivity index (χ0v) is 15.7. The largest absolute Gasteiger partial charge is 0.350 e. The summed E-state index contributed by atoms with van der Waals surface area (Å²) in [7, 11) is 1.75. The van der Waals surface area contributed by atoms with Crippen LogP contribution >= 0.6 is 11.8 Å². The molecule has 0 unspecified atom stereocenters. The molecule has 0 saturated heterocycles. The summed E-state index contributed by atoms with van der Waals surface area (Å²) in [6, 6.07) is 7.65. The highest BCUT2D eigenvalue weighted by molar-refractivity contribution is 7.99. The summed E-state index contributed by atoms with van der Waals surface area (Å²) >= 11 is 1.61. The van der Waals surface area contributed by atoms with Crippen LogP contribution in [0.25, 0.3) is 0 Å². The van der Waals surface area contributed by atoms with Crippen LogP contribution in [-0.2, 0) is 9.59 Å². The van der Waals surface area contributed by atoms with Crippen LogP contribution in [0.5, 0.6) is 0 Å². The molecule has 24 heavy (non-hydrogen) atoms. The number of thioether (sulfide) groups is 1. The van der Waals surface area contributed by atoms with Gasteiger partial charge >= 0.3 is 0 Å². The van der Waals surface area contributed by atoms with Crippen LogP contribution in [0.4, 0.5) is 5.69 Å². The predicted molar refractivity (Wildman–Crippen MR) is 101 cm³/mol. The Kier molecular flexibility index (Phi) is 8.01. The molecule has 0 radical (unpaired) electrons. The van der Waals surface area contributed by atoms with E-state index in [1.165, 1.54) is 0 Å². The summed E-state index contributed by atoms with van der Waals surface area (Å²) in [4.78, 5) is 26.8. The minimum absolute atomic E-state index is 0.0975. The average Bonchev–Trinajstić information content (AvgIpc) is 2.43. The molecule has 132 valence electrons. The van der Waals surface area contributed by atoms with Gasteiger partial charge in [-0.3, -0.25) is 14.5 Å². The lowest BCUT2D eigenvalue weighted by molar-refractivity contribution is -0.124. The highest BCUT2D eigenvalue weighted by Gasteiger charge is 2.16. The molecule has 2 N–H and O–H groups in total. The Morgan fingerprint density at radius 3 is 2.46 bits per heavy atom. The first-order valence-corrected chi connectivity index (χ1v) is 8.82. The number of hydrogen-bond acceptors (Lipinski definition) is 4. The molecule has 0 bridgehead atoms. The maximum absolute atomic E-state index is 12.2. The summed E-state index contributed by atoms with van der Waals surface area (Å²) in [5.74, 6) is 0.534. The first-order chi connectivity index (χ1) is 11.2. The molecule has 1 rings (SSSR count). The van der Waals surface area contributed by atoms with Crippen molar-refractivity contribution in [3.63, 3.8) is 0 Å². The van der Waals surface area contributed by atoms with Crippen LogP contribution < -0.4 is 10.6 Å². The molecule has 1 aromatic carbocycles. The van der Waals surface area contributed by atoms with Crippen LogP contribution in [0, 0.1) is 0 Å². The molecule has 0 aliphatic carbocycles. The Bertz CT molecular complexity index is 582. The van der Waals surface area contributed by atoms with E-state index in [1.54, 1.807) is 23.7 Å². The molecule has 6 heteroatoms. The third kappa shape index (κ3) is 8.17. The Morgan fingerprint density at radius 2 is 1.83 bits per heavy atom. The zero-order chi connectivity index (χ0) is 18.2. The van der Waals surface area contributed by atoms with E-state index in [2.05, 4.69) is 17.2 Å². The molecule has 0 fully saturated rings. The van der Waals surface area contributed by atoms with Crippen LogP contribution in [-0.4, -0.2) is 48.1 Å².